The van der Waals surface area contributed by atoms with Crippen LogP contribution in [0.15, 0.2) is 24.3 Å². The van der Waals surface area contributed by atoms with Crippen LogP contribution in [0.4, 0.5) is 0 Å². The Labute approximate surface area is 126 Å². The van der Waals surface area contributed by atoms with E-state index < -0.39 is 0 Å². The van der Waals surface area contributed by atoms with Crippen LogP contribution in [0.2, 0.25) is 0 Å². The second-order valence-corrected chi connectivity index (χ2v) is 5.96. The monoisotopic (exact) mass is 287 g/mol. The molecular formula is C16H25N5. The Bertz CT molecular complexity index is 561. The molecule has 0 aliphatic heterocycles. The molecule has 2 rings (SSSR count). The summed E-state index contributed by atoms with van der Waals surface area (Å²) >= 11 is 0. The number of tetrazole rings is 1. The predicted molar refractivity (Wildman–Crippen MR) is 84.0 cm³/mol. The van der Waals surface area contributed by atoms with Gasteiger partial charge < -0.3 is 5.32 Å². The van der Waals surface area contributed by atoms with E-state index in [9.17, 15) is 0 Å². The number of aromatic nitrogens is 4. The van der Waals surface area contributed by atoms with Crippen molar-refractivity contribution in [2.75, 3.05) is 6.54 Å². The van der Waals surface area contributed by atoms with Crippen LogP contribution in [0.1, 0.15) is 30.8 Å². The van der Waals surface area contributed by atoms with Crippen molar-refractivity contribution >= 4 is 0 Å². The molecule has 1 N–H and O–H groups in total. The van der Waals surface area contributed by atoms with Gasteiger partial charge >= 0.3 is 0 Å². The fourth-order valence-electron chi connectivity index (χ4n) is 2.43. The second-order valence-electron chi connectivity index (χ2n) is 5.96. The minimum atomic E-state index is 0.470. The van der Waals surface area contributed by atoms with Crippen LogP contribution in [0.3, 0.4) is 0 Å². The summed E-state index contributed by atoms with van der Waals surface area (Å²) in [5.74, 6) is 1.29. The van der Waals surface area contributed by atoms with Gasteiger partial charge in [-0.15, -0.1) is 10.2 Å². The quantitative estimate of drug-likeness (QED) is 0.845. The van der Waals surface area contributed by atoms with Crippen molar-refractivity contribution in [2.45, 2.75) is 39.7 Å². The summed E-state index contributed by atoms with van der Waals surface area (Å²) < 4.78 is 0. The molecule has 0 saturated carbocycles. The van der Waals surface area contributed by atoms with Crippen molar-refractivity contribution in [1.29, 1.82) is 0 Å². The summed E-state index contributed by atoms with van der Waals surface area (Å²) in [6, 6.07) is 9.06. The minimum Gasteiger partial charge on any atom is -0.314 e. The molecule has 0 fully saturated rings. The summed E-state index contributed by atoms with van der Waals surface area (Å²) in [6.07, 6.45) is 1.88. The molecular weight excluding hydrogens is 262 g/mol. The highest BCUT2D eigenvalue weighted by Gasteiger charge is 2.15. The van der Waals surface area contributed by atoms with Gasteiger partial charge in [0.2, 0.25) is 0 Å². The number of rotatable bonds is 7. The zero-order valence-corrected chi connectivity index (χ0v) is 13.4. The van der Waals surface area contributed by atoms with Crippen molar-refractivity contribution < 1.29 is 0 Å². The summed E-state index contributed by atoms with van der Waals surface area (Å²) in [6.45, 7) is 7.48. The van der Waals surface area contributed by atoms with E-state index in [0.29, 0.717) is 12.0 Å². The molecule has 2 aromatic rings. The van der Waals surface area contributed by atoms with Gasteiger partial charge in [-0.1, -0.05) is 38.1 Å². The van der Waals surface area contributed by atoms with Crippen molar-refractivity contribution in [3.63, 3.8) is 0 Å². The van der Waals surface area contributed by atoms with Crippen molar-refractivity contribution in [3.05, 3.63) is 41.2 Å². The molecule has 0 saturated heterocycles. The van der Waals surface area contributed by atoms with E-state index in [1.165, 1.54) is 15.9 Å². The SMILES string of the molecule is Cc1ccccc1CC(CNC(C)C)Cc1nnn(C)n1. The lowest BCUT2D eigenvalue weighted by Gasteiger charge is -2.19. The van der Waals surface area contributed by atoms with Gasteiger partial charge in [-0.3, -0.25) is 0 Å². The lowest BCUT2D eigenvalue weighted by Crippen LogP contribution is -2.31. The smallest absolute Gasteiger partial charge is 0.175 e. The highest BCUT2D eigenvalue weighted by molar-refractivity contribution is 5.26. The summed E-state index contributed by atoms with van der Waals surface area (Å²) in [5.41, 5.74) is 2.75. The third kappa shape index (κ3) is 4.93. The van der Waals surface area contributed by atoms with Crippen LogP contribution in [-0.2, 0) is 19.9 Å². The molecule has 0 spiro atoms. The first-order valence-electron chi connectivity index (χ1n) is 7.55. The fourth-order valence-corrected chi connectivity index (χ4v) is 2.43. The molecule has 0 aliphatic rings. The number of nitrogens with zero attached hydrogens (tertiary/aromatic N) is 4. The zero-order valence-electron chi connectivity index (χ0n) is 13.4. The van der Waals surface area contributed by atoms with Gasteiger partial charge in [0.25, 0.3) is 0 Å². The summed E-state index contributed by atoms with van der Waals surface area (Å²) in [4.78, 5) is 1.52. The number of nitrogens with one attached hydrogen (secondary N) is 1. The first-order chi connectivity index (χ1) is 10.0. The zero-order chi connectivity index (χ0) is 15.2. The number of hydrogen-bond donors (Lipinski definition) is 1. The number of hydrogen-bond acceptors (Lipinski definition) is 4. The van der Waals surface area contributed by atoms with Crippen LogP contribution in [-0.4, -0.2) is 32.8 Å². The first kappa shape index (κ1) is 15.6. The van der Waals surface area contributed by atoms with Crippen LogP contribution in [0, 0.1) is 12.8 Å². The van der Waals surface area contributed by atoms with E-state index in [1.807, 2.05) is 0 Å². The van der Waals surface area contributed by atoms with Crippen LogP contribution < -0.4 is 5.32 Å². The number of benzene rings is 1. The van der Waals surface area contributed by atoms with Gasteiger partial charge in [0.05, 0.1) is 7.05 Å². The number of aryl methyl sites for hydroxylation is 2. The van der Waals surface area contributed by atoms with E-state index in [0.717, 1.165) is 25.2 Å². The van der Waals surface area contributed by atoms with Crippen LogP contribution in [0.5, 0.6) is 0 Å². The Balaban J connectivity index is 2.06. The van der Waals surface area contributed by atoms with Crippen molar-refractivity contribution in [3.8, 4) is 0 Å². The molecule has 5 heteroatoms. The Morgan fingerprint density at radius 1 is 1.19 bits per heavy atom. The highest BCUT2D eigenvalue weighted by atomic mass is 15.6. The molecule has 114 valence electrons. The van der Waals surface area contributed by atoms with Crippen LogP contribution >= 0.6 is 0 Å². The van der Waals surface area contributed by atoms with E-state index in [2.05, 4.69) is 65.8 Å². The van der Waals surface area contributed by atoms with E-state index in [1.54, 1.807) is 7.05 Å². The first-order valence-corrected chi connectivity index (χ1v) is 7.55. The molecule has 1 heterocycles. The molecule has 1 aromatic carbocycles. The van der Waals surface area contributed by atoms with Gasteiger partial charge in [0.1, 0.15) is 0 Å². The van der Waals surface area contributed by atoms with E-state index in [4.69, 9.17) is 0 Å². The standard InChI is InChI=1S/C16H25N5/c1-12(2)17-11-14(10-16-18-20-21(4)19-16)9-15-8-6-5-7-13(15)3/h5-8,12,14,17H,9-11H2,1-4H3. The molecule has 1 unspecified atom stereocenters. The Morgan fingerprint density at radius 2 is 1.95 bits per heavy atom. The van der Waals surface area contributed by atoms with Gasteiger partial charge in [-0.2, -0.15) is 4.80 Å². The van der Waals surface area contributed by atoms with Gasteiger partial charge in [-0.25, -0.2) is 0 Å². The topological polar surface area (TPSA) is 55.6 Å². The second kappa shape index (κ2) is 7.31. The molecule has 1 atom stereocenters. The maximum Gasteiger partial charge on any atom is 0.175 e. The van der Waals surface area contributed by atoms with Gasteiger partial charge in [-0.05, 0) is 42.1 Å². The van der Waals surface area contributed by atoms with Crippen LogP contribution in [0.25, 0.3) is 0 Å². The molecule has 21 heavy (non-hydrogen) atoms. The maximum atomic E-state index is 4.31. The van der Waals surface area contributed by atoms with Crippen molar-refractivity contribution in [2.24, 2.45) is 13.0 Å². The average Bonchev–Trinajstić information content (AvgIpc) is 2.84. The largest absolute Gasteiger partial charge is 0.314 e. The lowest BCUT2D eigenvalue weighted by atomic mass is 9.93. The maximum absolute atomic E-state index is 4.31. The average molecular weight is 287 g/mol. The lowest BCUT2D eigenvalue weighted by molar-refractivity contribution is 0.436. The minimum absolute atomic E-state index is 0.470. The van der Waals surface area contributed by atoms with E-state index >= 15 is 0 Å². The van der Waals surface area contributed by atoms with Crippen molar-refractivity contribution in [1.82, 2.24) is 25.5 Å². The summed E-state index contributed by atoms with van der Waals surface area (Å²) in [5, 5.41) is 15.9. The van der Waals surface area contributed by atoms with Gasteiger partial charge in [0.15, 0.2) is 5.82 Å². The molecule has 0 radical (unpaired) electrons. The Hall–Kier alpha value is -1.75. The normalized spacial score (nSPS) is 12.8. The molecule has 0 aliphatic carbocycles. The fraction of sp³-hybridized carbons (Fsp3) is 0.562. The Morgan fingerprint density at radius 3 is 2.57 bits per heavy atom. The third-order valence-corrected chi connectivity index (χ3v) is 3.61. The highest BCUT2D eigenvalue weighted by Crippen LogP contribution is 2.15. The molecule has 5 nitrogen and oxygen atoms in total. The van der Waals surface area contributed by atoms with Gasteiger partial charge in [0, 0.05) is 12.5 Å². The molecule has 0 bridgehead atoms. The Kier molecular flexibility index (Phi) is 5.44. The molecule has 0 amide bonds. The predicted octanol–water partition coefficient (Wildman–Crippen LogP) is 1.92. The van der Waals surface area contributed by atoms with E-state index in [-0.39, 0.29) is 0 Å². The molecule has 1 aromatic heterocycles. The summed E-state index contributed by atoms with van der Waals surface area (Å²) in [7, 11) is 1.80. The third-order valence-electron chi connectivity index (χ3n) is 3.61.